The lowest BCUT2D eigenvalue weighted by molar-refractivity contribution is -0.0168. The molecule has 0 heterocycles. The maximum absolute atomic E-state index is 3.89. The summed E-state index contributed by atoms with van der Waals surface area (Å²) in [5, 5.41) is 3.89. The molecule has 90 valence electrons. The zero-order chi connectivity index (χ0) is 11.1. The first-order valence-corrected chi connectivity index (χ1v) is 7.13. The Kier molecular flexibility index (Phi) is 2.83. The summed E-state index contributed by atoms with van der Waals surface area (Å²) in [5.41, 5.74) is 0. The van der Waals surface area contributed by atoms with Gasteiger partial charge in [0.25, 0.3) is 0 Å². The van der Waals surface area contributed by atoms with Crippen molar-refractivity contribution >= 4 is 0 Å². The van der Waals surface area contributed by atoms with Gasteiger partial charge in [0.2, 0.25) is 0 Å². The minimum absolute atomic E-state index is 0.625. The summed E-state index contributed by atoms with van der Waals surface area (Å²) in [4.78, 5) is 0. The van der Waals surface area contributed by atoms with Crippen LogP contribution in [0, 0.1) is 23.7 Å². The molecule has 1 nitrogen and oxygen atoms in total. The molecular weight excluding hydrogens is 194 g/mol. The quantitative estimate of drug-likeness (QED) is 0.715. The van der Waals surface area contributed by atoms with Crippen LogP contribution in [0.3, 0.4) is 0 Å². The Morgan fingerprint density at radius 1 is 1.12 bits per heavy atom. The third-order valence-electron chi connectivity index (χ3n) is 5.22. The van der Waals surface area contributed by atoms with Crippen LogP contribution in [-0.4, -0.2) is 12.1 Å². The molecule has 4 rings (SSSR count). The fourth-order valence-electron chi connectivity index (χ4n) is 4.84. The molecule has 0 aromatic heterocycles. The molecule has 1 heteroatoms. The van der Waals surface area contributed by atoms with Gasteiger partial charge in [-0.1, -0.05) is 6.08 Å². The van der Waals surface area contributed by atoms with E-state index in [1.807, 2.05) is 6.08 Å². The molecule has 0 aliphatic heterocycles. The average molecular weight is 219 g/mol. The molecular formula is C15H25N. The van der Waals surface area contributed by atoms with E-state index in [0.29, 0.717) is 6.04 Å². The summed E-state index contributed by atoms with van der Waals surface area (Å²) < 4.78 is 0. The zero-order valence-corrected chi connectivity index (χ0v) is 10.5. The number of rotatable bonds is 4. The van der Waals surface area contributed by atoms with Gasteiger partial charge in [-0.15, -0.1) is 6.58 Å². The van der Waals surface area contributed by atoms with E-state index in [1.54, 1.807) is 6.42 Å². The standard InChI is InChI=1S/C15H25N/c1-3-4-10(2)16-15-13-6-11-5-12(8-13)9-14(15)7-11/h3,10-16H,1,4-9H2,2H3. The second-order valence-electron chi connectivity index (χ2n) is 6.55. The van der Waals surface area contributed by atoms with Crippen LogP contribution in [0.5, 0.6) is 0 Å². The molecule has 4 aliphatic rings. The van der Waals surface area contributed by atoms with Gasteiger partial charge in [-0.25, -0.2) is 0 Å². The van der Waals surface area contributed by atoms with Crippen molar-refractivity contribution in [3.63, 3.8) is 0 Å². The molecule has 0 aromatic carbocycles. The van der Waals surface area contributed by atoms with Gasteiger partial charge in [0.05, 0.1) is 0 Å². The molecule has 0 aromatic rings. The van der Waals surface area contributed by atoms with Crippen molar-refractivity contribution in [3.05, 3.63) is 12.7 Å². The van der Waals surface area contributed by atoms with Gasteiger partial charge in [0.1, 0.15) is 0 Å². The third-order valence-corrected chi connectivity index (χ3v) is 5.22. The van der Waals surface area contributed by atoms with E-state index in [-0.39, 0.29) is 0 Å². The predicted octanol–water partition coefficient (Wildman–Crippen LogP) is 3.37. The van der Waals surface area contributed by atoms with Gasteiger partial charge in [0, 0.05) is 12.1 Å². The Balaban J connectivity index is 1.65. The minimum atomic E-state index is 0.625. The van der Waals surface area contributed by atoms with Crippen LogP contribution in [0.4, 0.5) is 0 Å². The van der Waals surface area contributed by atoms with Crippen LogP contribution >= 0.6 is 0 Å². The summed E-state index contributed by atoms with van der Waals surface area (Å²) >= 11 is 0. The molecule has 4 bridgehead atoms. The predicted molar refractivity (Wildman–Crippen MR) is 68.2 cm³/mol. The van der Waals surface area contributed by atoms with E-state index in [9.17, 15) is 0 Å². The molecule has 1 N–H and O–H groups in total. The van der Waals surface area contributed by atoms with Crippen molar-refractivity contribution in [1.82, 2.24) is 5.32 Å². The normalized spacial score (nSPS) is 46.9. The van der Waals surface area contributed by atoms with E-state index in [0.717, 1.165) is 36.1 Å². The molecule has 1 atom stereocenters. The number of nitrogens with one attached hydrogen (secondary N) is 1. The summed E-state index contributed by atoms with van der Waals surface area (Å²) in [6.45, 7) is 6.16. The molecule has 0 amide bonds. The van der Waals surface area contributed by atoms with E-state index in [4.69, 9.17) is 0 Å². The second kappa shape index (κ2) is 4.18. The van der Waals surface area contributed by atoms with E-state index >= 15 is 0 Å². The summed E-state index contributed by atoms with van der Waals surface area (Å²) in [6, 6.07) is 1.46. The Labute approximate surface area is 99.7 Å². The molecule has 4 aliphatic carbocycles. The SMILES string of the molecule is C=CCC(C)NC1C2CC3CC(C2)CC1C3. The zero-order valence-electron chi connectivity index (χ0n) is 10.5. The van der Waals surface area contributed by atoms with Crippen LogP contribution < -0.4 is 5.32 Å². The Hall–Kier alpha value is -0.300. The van der Waals surface area contributed by atoms with E-state index < -0.39 is 0 Å². The Morgan fingerprint density at radius 2 is 1.69 bits per heavy atom. The van der Waals surface area contributed by atoms with E-state index in [2.05, 4.69) is 18.8 Å². The number of hydrogen-bond acceptors (Lipinski definition) is 1. The van der Waals surface area contributed by atoms with Crippen LogP contribution in [0.1, 0.15) is 45.4 Å². The average Bonchev–Trinajstić information content (AvgIpc) is 2.23. The lowest BCUT2D eigenvalue weighted by Crippen LogP contribution is -2.56. The first kappa shape index (κ1) is 10.8. The second-order valence-corrected chi connectivity index (χ2v) is 6.55. The monoisotopic (exact) mass is 219 g/mol. The van der Waals surface area contributed by atoms with Gasteiger partial charge in [-0.3, -0.25) is 0 Å². The fourth-order valence-corrected chi connectivity index (χ4v) is 4.84. The van der Waals surface area contributed by atoms with Crippen molar-refractivity contribution in [2.75, 3.05) is 0 Å². The highest BCUT2D eigenvalue weighted by Crippen LogP contribution is 2.53. The largest absolute Gasteiger partial charge is 0.311 e. The summed E-state index contributed by atoms with van der Waals surface area (Å²) in [5.74, 6) is 4.19. The lowest BCUT2D eigenvalue weighted by Gasteiger charge is -2.55. The highest BCUT2D eigenvalue weighted by atomic mass is 15.0. The molecule has 16 heavy (non-hydrogen) atoms. The van der Waals surface area contributed by atoms with Gasteiger partial charge >= 0.3 is 0 Å². The highest BCUT2D eigenvalue weighted by molar-refractivity contribution is 5.02. The molecule has 4 saturated carbocycles. The van der Waals surface area contributed by atoms with Crippen molar-refractivity contribution in [1.29, 1.82) is 0 Å². The van der Waals surface area contributed by atoms with Gasteiger partial charge in [0.15, 0.2) is 0 Å². The van der Waals surface area contributed by atoms with Crippen molar-refractivity contribution in [2.24, 2.45) is 23.7 Å². The summed E-state index contributed by atoms with van der Waals surface area (Å²) in [6.07, 6.45) is 10.8. The molecule has 4 fully saturated rings. The Bertz CT molecular complexity index is 243. The lowest BCUT2D eigenvalue weighted by atomic mass is 9.54. The maximum Gasteiger partial charge on any atom is 0.0127 e. The van der Waals surface area contributed by atoms with Crippen LogP contribution in [0.2, 0.25) is 0 Å². The van der Waals surface area contributed by atoms with Gasteiger partial charge in [-0.2, -0.15) is 0 Å². The Morgan fingerprint density at radius 3 is 2.19 bits per heavy atom. The van der Waals surface area contributed by atoms with Gasteiger partial charge in [-0.05, 0) is 69.1 Å². The third kappa shape index (κ3) is 1.84. The molecule has 0 spiro atoms. The van der Waals surface area contributed by atoms with Crippen molar-refractivity contribution in [2.45, 2.75) is 57.5 Å². The smallest absolute Gasteiger partial charge is 0.0127 e. The van der Waals surface area contributed by atoms with Crippen LogP contribution in [0.25, 0.3) is 0 Å². The van der Waals surface area contributed by atoms with Crippen LogP contribution in [-0.2, 0) is 0 Å². The molecule has 0 saturated heterocycles. The van der Waals surface area contributed by atoms with Crippen molar-refractivity contribution in [3.8, 4) is 0 Å². The fraction of sp³-hybridized carbons (Fsp3) is 0.867. The highest BCUT2D eigenvalue weighted by Gasteiger charge is 2.48. The van der Waals surface area contributed by atoms with E-state index in [1.165, 1.54) is 25.7 Å². The first-order chi connectivity index (χ1) is 7.76. The van der Waals surface area contributed by atoms with Crippen molar-refractivity contribution < 1.29 is 0 Å². The maximum atomic E-state index is 3.89. The summed E-state index contributed by atoms with van der Waals surface area (Å²) in [7, 11) is 0. The topological polar surface area (TPSA) is 12.0 Å². The minimum Gasteiger partial charge on any atom is -0.311 e. The van der Waals surface area contributed by atoms with Crippen LogP contribution in [0.15, 0.2) is 12.7 Å². The molecule has 0 radical (unpaired) electrons. The van der Waals surface area contributed by atoms with Gasteiger partial charge < -0.3 is 5.32 Å². The number of hydrogen-bond donors (Lipinski definition) is 1. The molecule has 1 unspecified atom stereocenters. The first-order valence-electron chi connectivity index (χ1n) is 7.13.